The number of rotatable bonds is 9. The number of alkyl halides is 3. The third kappa shape index (κ3) is 7.72. The van der Waals surface area contributed by atoms with E-state index in [1.807, 2.05) is 43.3 Å². The number of imide groups is 1. The van der Waals surface area contributed by atoms with E-state index >= 15 is 0 Å². The number of ether oxygens (including phenoxy) is 1. The van der Waals surface area contributed by atoms with E-state index in [0.717, 1.165) is 66.3 Å². The number of fused-ring (bicyclic) bond motifs is 3. The summed E-state index contributed by atoms with van der Waals surface area (Å²) in [6, 6.07) is 25.9. The topological polar surface area (TPSA) is 124 Å². The van der Waals surface area contributed by atoms with Crippen molar-refractivity contribution in [3.63, 3.8) is 0 Å². The highest BCUT2D eigenvalue weighted by Crippen LogP contribution is 2.38. The predicted octanol–water partition coefficient (Wildman–Crippen LogP) is 6.87. The fourth-order valence-corrected chi connectivity index (χ4v) is 8.92. The summed E-state index contributed by atoms with van der Waals surface area (Å²) in [5.41, 5.74) is 3.97. The fourth-order valence-electron chi connectivity index (χ4n) is 8.92. The molecule has 302 valence electrons. The summed E-state index contributed by atoms with van der Waals surface area (Å²) in [7, 11) is 0. The summed E-state index contributed by atoms with van der Waals surface area (Å²) in [5.74, 6) is 0.564. The lowest BCUT2D eigenvalue weighted by atomic mass is 10.0. The molecule has 4 aromatic carbocycles. The van der Waals surface area contributed by atoms with Gasteiger partial charge in [-0.3, -0.25) is 34.4 Å². The number of nitrogens with one attached hydrogen (secondary N) is 2. The number of hydrogen-bond donors (Lipinski definition) is 2. The number of piperidine rings is 1. The Balaban J connectivity index is 0.786. The Bertz CT molecular complexity index is 2480. The number of hydrogen-bond acceptors (Lipinski definition) is 8. The number of carbonyl (C=O) groups is 4. The van der Waals surface area contributed by atoms with Crippen LogP contribution in [-0.2, 0) is 28.9 Å². The standard InChI is InChI=1S/C45H41F3N6O5/c1-26(49-42(56)28-8-14-36-27(18-28)4-2-7-40(36)59-35-12-9-32(10-13-35)45(46,47)48)38-6-3-5-33(50-38)25-52-20-30-22-53(23-31(30)21-52)34-11-15-37-29(19-34)24-54(44(37)58)39-16-17-41(55)51-43(39)57/h2-15,18-19,26,30-31,39H,16-17,20-25H2,1H3,(H,49,56)(H,51,55,57)/t26-,30+,31?,39?/m0/s1. The van der Waals surface area contributed by atoms with Gasteiger partial charge in [-0.25, -0.2) is 0 Å². The van der Waals surface area contributed by atoms with Crippen LogP contribution in [0, 0.1) is 11.8 Å². The number of benzene rings is 4. The average Bonchev–Trinajstić information content (AvgIpc) is 3.89. The van der Waals surface area contributed by atoms with Gasteiger partial charge in [0.25, 0.3) is 11.8 Å². The second kappa shape index (κ2) is 15.1. The first-order valence-corrected chi connectivity index (χ1v) is 19.8. The van der Waals surface area contributed by atoms with Crippen molar-refractivity contribution in [3.8, 4) is 11.5 Å². The molecule has 0 radical (unpaired) electrons. The highest BCUT2D eigenvalue weighted by molar-refractivity contribution is 6.05. The van der Waals surface area contributed by atoms with Gasteiger partial charge in [0.05, 0.1) is 23.0 Å². The van der Waals surface area contributed by atoms with E-state index in [2.05, 4.69) is 26.5 Å². The maximum absolute atomic E-state index is 13.4. The Morgan fingerprint density at radius 1 is 0.915 bits per heavy atom. The van der Waals surface area contributed by atoms with Gasteiger partial charge in [0.2, 0.25) is 11.8 Å². The highest BCUT2D eigenvalue weighted by Gasteiger charge is 2.42. The number of carbonyl (C=O) groups excluding carboxylic acids is 4. The lowest BCUT2D eigenvalue weighted by Crippen LogP contribution is -2.52. The first-order chi connectivity index (χ1) is 28.4. The van der Waals surface area contributed by atoms with E-state index in [1.54, 1.807) is 35.2 Å². The molecule has 4 amide bonds. The second-order valence-electron chi connectivity index (χ2n) is 15.9. The van der Waals surface area contributed by atoms with Gasteiger partial charge in [0.1, 0.15) is 17.5 Å². The van der Waals surface area contributed by atoms with Gasteiger partial charge in [0.15, 0.2) is 0 Å². The molecule has 11 nitrogen and oxygen atoms in total. The van der Waals surface area contributed by atoms with Gasteiger partial charge >= 0.3 is 6.18 Å². The predicted molar refractivity (Wildman–Crippen MR) is 213 cm³/mol. The van der Waals surface area contributed by atoms with Crippen LogP contribution in [-0.4, -0.2) is 70.6 Å². The molecule has 5 aromatic rings. The van der Waals surface area contributed by atoms with Crippen LogP contribution in [0.1, 0.15) is 69.0 Å². The molecule has 2 unspecified atom stereocenters. The normalized spacial score (nSPS) is 21.1. The minimum absolute atomic E-state index is 0.166. The molecular weight excluding hydrogens is 762 g/mol. The zero-order chi connectivity index (χ0) is 41.0. The molecule has 0 spiro atoms. The molecule has 4 aliphatic rings. The fraction of sp³-hybridized carbons (Fsp3) is 0.311. The molecule has 59 heavy (non-hydrogen) atoms. The van der Waals surface area contributed by atoms with Crippen LogP contribution in [0.2, 0.25) is 0 Å². The van der Waals surface area contributed by atoms with Crippen LogP contribution in [0.25, 0.3) is 10.8 Å². The van der Waals surface area contributed by atoms with Gasteiger partial charge in [-0.1, -0.05) is 18.2 Å². The van der Waals surface area contributed by atoms with Gasteiger partial charge in [-0.15, -0.1) is 0 Å². The van der Waals surface area contributed by atoms with Gasteiger partial charge in [0, 0.05) is 67.9 Å². The molecule has 9 rings (SSSR count). The smallest absolute Gasteiger partial charge is 0.416 e. The minimum Gasteiger partial charge on any atom is -0.457 e. The Kier molecular flexibility index (Phi) is 9.82. The Labute approximate surface area is 338 Å². The molecule has 3 fully saturated rings. The van der Waals surface area contributed by atoms with Crippen molar-refractivity contribution in [3.05, 3.63) is 131 Å². The molecule has 14 heteroatoms. The van der Waals surface area contributed by atoms with E-state index in [0.29, 0.717) is 53.6 Å². The molecule has 4 atom stereocenters. The molecule has 2 N–H and O–H groups in total. The van der Waals surface area contributed by atoms with E-state index in [1.165, 1.54) is 12.1 Å². The summed E-state index contributed by atoms with van der Waals surface area (Å²) >= 11 is 0. The van der Waals surface area contributed by atoms with Crippen LogP contribution in [0.5, 0.6) is 11.5 Å². The number of pyridine rings is 1. The van der Waals surface area contributed by atoms with Crippen molar-refractivity contribution in [2.24, 2.45) is 11.8 Å². The third-order valence-electron chi connectivity index (χ3n) is 12.0. The van der Waals surface area contributed by atoms with Gasteiger partial charge < -0.3 is 19.9 Å². The first kappa shape index (κ1) is 38.2. The second-order valence-corrected chi connectivity index (χ2v) is 15.9. The van der Waals surface area contributed by atoms with Crippen LogP contribution in [0.15, 0.2) is 97.1 Å². The SMILES string of the molecule is C[C@H](NC(=O)c1ccc2c(Oc3ccc(C(F)(F)F)cc3)cccc2c1)c1cccc(CN2CC3CN(c4ccc5c(c4)CN(C4CCC(=O)NC4=O)C5=O)C[C@H]3C2)n1. The number of anilines is 1. The maximum Gasteiger partial charge on any atom is 0.416 e. The average molecular weight is 803 g/mol. The summed E-state index contributed by atoms with van der Waals surface area (Å²) in [4.78, 5) is 62.1. The Morgan fingerprint density at radius 2 is 1.68 bits per heavy atom. The summed E-state index contributed by atoms with van der Waals surface area (Å²) in [5, 5.41) is 6.89. The van der Waals surface area contributed by atoms with Gasteiger partial charge in [-0.2, -0.15) is 13.2 Å². The summed E-state index contributed by atoms with van der Waals surface area (Å²) in [6.07, 6.45) is -3.87. The molecule has 1 aromatic heterocycles. The molecule has 0 aliphatic carbocycles. The Morgan fingerprint density at radius 3 is 2.42 bits per heavy atom. The number of likely N-dealkylation sites (tertiary alicyclic amines) is 1. The highest BCUT2D eigenvalue weighted by atomic mass is 19.4. The molecular formula is C45H41F3N6O5. The zero-order valence-corrected chi connectivity index (χ0v) is 32.2. The maximum atomic E-state index is 13.4. The zero-order valence-electron chi connectivity index (χ0n) is 32.2. The molecule has 3 saturated heterocycles. The number of aromatic nitrogens is 1. The number of amides is 4. The molecule has 5 heterocycles. The minimum atomic E-state index is -4.43. The van der Waals surface area contributed by atoms with Crippen molar-refractivity contribution in [2.75, 3.05) is 31.1 Å². The summed E-state index contributed by atoms with van der Waals surface area (Å²) < 4.78 is 44.9. The van der Waals surface area contributed by atoms with Crippen LogP contribution in [0.3, 0.4) is 0 Å². The largest absolute Gasteiger partial charge is 0.457 e. The quantitative estimate of drug-likeness (QED) is 0.155. The Hall–Kier alpha value is -6.28. The molecule has 0 bridgehead atoms. The van der Waals surface area contributed by atoms with Crippen LogP contribution < -0.4 is 20.3 Å². The van der Waals surface area contributed by atoms with Crippen molar-refractivity contribution in [1.82, 2.24) is 25.4 Å². The van der Waals surface area contributed by atoms with E-state index in [4.69, 9.17) is 9.72 Å². The lowest BCUT2D eigenvalue weighted by Gasteiger charge is -2.29. The van der Waals surface area contributed by atoms with Gasteiger partial charge in [-0.05, 0) is 115 Å². The number of nitrogens with zero attached hydrogens (tertiary/aromatic N) is 4. The summed E-state index contributed by atoms with van der Waals surface area (Å²) in [6.45, 7) is 6.64. The monoisotopic (exact) mass is 802 g/mol. The van der Waals surface area contributed by atoms with Crippen LogP contribution in [0.4, 0.5) is 18.9 Å². The molecule has 0 saturated carbocycles. The third-order valence-corrected chi connectivity index (χ3v) is 12.0. The van der Waals surface area contributed by atoms with E-state index in [-0.39, 0.29) is 35.9 Å². The van der Waals surface area contributed by atoms with E-state index in [9.17, 15) is 32.3 Å². The van der Waals surface area contributed by atoms with E-state index < -0.39 is 23.7 Å². The van der Waals surface area contributed by atoms with Crippen molar-refractivity contribution >= 4 is 40.1 Å². The van der Waals surface area contributed by atoms with Crippen LogP contribution >= 0.6 is 0 Å². The first-order valence-electron chi connectivity index (χ1n) is 19.8. The van der Waals surface area contributed by atoms with Crippen molar-refractivity contribution < 1.29 is 37.1 Å². The number of halogens is 3. The van der Waals surface area contributed by atoms with Crippen molar-refractivity contribution in [1.29, 1.82) is 0 Å². The van der Waals surface area contributed by atoms with Crippen molar-refractivity contribution in [2.45, 2.75) is 51.1 Å². The lowest BCUT2D eigenvalue weighted by molar-refractivity contribution is -0.138. The molecule has 4 aliphatic heterocycles.